The van der Waals surface area contributed by atoms with Gasteiger partial charge in [-0.3, -0.25) is 4.79 Å². The van der Waals surface area contributed by atoms with Gasteiger partial charge in [-0.2, -0.15) is 0 Å². The van der Waals surface area contributed by atoms with E-state index in [-0.39, 0.29) is 23.5 Å². The molecule has 2 aromatic rings. The number of amides is 1. The summed E-state index contributed by atoms with van der Waals surface area (Å²) in [7, 11) is -3.03. The molecule has 0 radical (unpaired) electrons. The van der Waals surface area contributed by atoms with Crippen LogP contribution in [0.2, 0.25) is 0 Å². The summed E-state index contributed by atoms with van der Waals surface area (Å²) < 4.78 is 23.4. The van der Waals surface area contributed by atoms with Crippen LogP contribution in [0, 0.1) is 0 Å². The summed E-state index contributed by atoms with van der Waals surface area (Å²) in [5.41, 5.74) is 3.02. The van der Waals surface area contributed by atoms with Crippen molar-refractivity contribution in [3.8, 4) is 10.4 Å². The molecule has 0 bridgehead atoms. The third-order valence-electron chi connectivity index (χ3n) is 4.06. The number of aromatic nitrogens is 1. The van der Waals surface area contributed by atoms with Crippen molar-refractivity contribution in [3.63, 3.8) is 0 Å². The number of nitrogens with zero attached hydrogens (tertiary/aromatic N) is 2. The predicted molar refractivity (Wildman–Crippen MR) is 91.3 cm³/mol. The minimum atomic E-state index is -3.03. The summed E-state index contributed by atoms with van der Waals surface area (Å²) in [5, 5.41) is 0. The van der Waals surface area contributed by atoms with Crippen molar-refractivity contribution in [3.05, 3.63) is 41.5 Å². The Kier molecular flexibility index (Phi) is 4.50. The van der Waals surface area contributed by atoms with Gasteiger partial charge in [0.2, 0.25) is 0 Å². The molecule has 3 rings (SSSR count). The standard InChI is InChI=1S/C16H18N2O3S2/c1-2-18(13-8-9-23(20,21)10-13)16(19)14-15(22-11-17-14)12-6-4-3-5-7-12/h3-7,11,13H,2,8-10H2,1H3. The van der Waals surface area contributed by atoms with Gasteiger partial charge in [0.1, 0.15) is 5.69 Å². The molecule has 1 aliphatic rings. The Labute approximate surface area is 139 Å². The fourth-order valence-electron chi connectivity index (χ4n) is 2.92. The molecule has 7 heteroatoms. The van der Waals surface area contributed by atoms with E-state index in [1.54, 1.807) is 10.4 Å². The van der Waals surface area contributed by atoms with E-state index in [0.29, 0.717) is 18.7 Å². The fourth-order valence-corrected chi connectivity index (χ4v) is 5.44. The van der Waals surface area contributed by atoms with E-state index in [2.05, 4.69) is 4.98 Å². The number of hydrogen-bond acceptors (Lipinski definition) is 5. The lowest BCUT2D eigenvalue weighted by molar-refractivity contribution is 0.0704. The zero-order valence-corrected chi connectivity index (χ0v) is 14.4. The maximum absolute atomic E-state index is 12.9. The van der Waals surface area contributed by atoms with Crippen LogP contribution in [0.3, 0.4) is 0 Å². The van der Waals surface area contributed by atoms with Gasteiger partial charge >= 0.3 is 0 Å². The second-order valence-corrected chi connectivity index (χ2v) is 8.63. The summed E-state index contributed by atoms with van der Waals surface area (Å²) in [6, 6.07) is 9.41. The molecule has 1 atom stereocenters. The van der Waals surface area contributed by atoms with Gasteiger partial charge in [0, 0.05) is 12.6 Å². The molecule has 5 nitrogen and oxygen atoms in total. The minimum absolute atomic E-state index is 0.0530. The van der Waals surface area contributed by atoms with Gasteiger partial charge in [0.25, 0.3) is 5.91 Å². The third-order valence-corrected chi connectivity index (χ3v) is 6.68. The second-order valence-electron chi connectivity index (χ2n) is 5.54. The maximum Gasteiger partial charge on any atom is 0.274 e. The van der Waals surface area contributed by atoms with Crippen LogP contribution >= 0.6 is 11.3 Å². The smallest absolute Gasteiger partial charge is 0.274 e. The number of benzene rings is 1. The largest absolute Gasteiger partial charge is 0.334 e. The molecule has 23 heavy (non-hydrogen) atoms. The van der Waals surface area contributed by atoms with Gasteiger partial charge in [0.15, 0.2) is 9.84 Å². The molecule has 1 aromatic carbocycles. The molecule has 1 saturated heterocycles. The van der Waals surface area contributed by atoms with Crippen molar-refractivity contribution in [2.45, 2.75) is 19.4 Å². The molecule has 1 aliphatic heterocycles. The Morgan fingerprint density at radius 3 is 2.70 bits per heavy atom. The van der Waals surface area contributed by atoms with Crippen molar-refractivity contribution >= 4 is 27.1 Å². The molecular formula is C16H18N2O3S2. The van der Waals surface area contributed by atoms with Crippen LogP contribution in [0.25, 0.3) is 10.4 Å². The Morgan fingerprint density at radius 1 is 1.35 bits per heavy atom. The van der Waals surface area contributed by atoms with Crippen molar-refractivity contribution in [2.24, 2.45) is 0 Å². The molecule has 0 aliphatic carbocycles. The molecule has 1 amide bonds. The number of sulfone groups is 1. The first-order valence-corrected chi connectivity index (χ1v) is 10.2. The van der Waals surface area contributed by atoms with Crippen LogP contribution in [0.15, 0.2) is 35.8 Å². The van der Waals surface area contributed by atoms with Crippen LogP contribution in [-0.4, -0.2) is 48.3 Å². The number of rotatable bonds is 4. The quantitative estimate of drug-likeness (QED) is 0.849. The zero-order chi connectivity index (χ0) is 16.4. The minimum Gasteiger partial charge on any atom is -0.334 e. The van der Waals surface area contributed by atoms with E-state index in [1.807, 2.05) is 37.3 Å². The number of thiazole rings is 1. The predicted octanol–water partition coefficient (Wildman–Crippen LogP) is 2.46. The molecule has 0 N–H and O–H groups in total. The normalized spacial score (nSPS) is 19.6. The van der Waals surface area contributed by atoms with Crippen molar-refractivity contribution in [1.82, 2.24) is 9.88 Å². The van der Waals surface area contributed by atoms with E-state index in [4.69, 9.17) is 0 Å². The van der Waals surface area contributed by atoms with Gasteiger partial charge in [-0.15, -0.1) is 11.3 Å². The van der Waals surface area contributed by atoms with E-state index < -0.39 is 9.84 Å². The average molecular weight is 350 g/mol. The van der Waals surface area contributed by atoms with Gasteiger partial charge in [-0.1, -0.05) is 30.3 Å². The average Bonchev–Trinajstić information content (AvgIpc) is 3.15. The van der Waals surface area contributed by atoms with Crippen LogP contribution in [0.5, 0.6) is 0 Å². The zero-order valence-electron chi connectivity index (χ0n) is 12.8. The Balaban J connectivity index is 1.90. The van der Waals surface area contributed by atoms with E-state index in [9.17, 15) is 13.2 Å². The van der Waals surface area contributed by atoms with Crippen LogP contribution < -0.4 is 0 Å². The van der Waals surface area contributed by atoms with E-state index in [1.165, 1.54) is 11.3 Å². The van der Waals surface area contributed by atoms with Crippen LogP contribution in [0.4, 0.5) is 0 Å². The number of hydrogen-bond donors (Lipinski definition) is 0. The summed E-state index contributed by atoms with van der Waals surface area (Å²) in [5.74, 6) is 0.0243. The SMILES string of the molecule is CCN(C(=O)c1ncsc1-c1ccccc1)C1CCS(=O)(=O)C1. The molecule has 122 valence electrons. The number of carbonyl (C=O) groups excluding carboxylic acids is 1. The maximum atomic E-state index is 12.9. The highest BCUT2D eigenvalue weighted by molar-refractivity contribution is 7.91. The lowest BCUT2D eigenvalue weighted by Crippen LogP contribution is -2.41. The van der Waals surface area contributed by atoms with Crippen LogP contribution in [0.1, 0.15) is 23.8 Å². The summed E-state index contributed by atoms with van der Waals surface area (Å²) in [4.78, 5) is 19.6. The topological polar surface area (TPSA) is 67.3 Å². The highest BCUT2D eigenvalue weighted by Crippen LogP contribution is 2.29. The van der Waals surface area contributed by atoms with Crippen molar-refractivity contribution < 1.29 is 13.2 Å². The van der Waals surface area contributed by atoms with Gasteiger partial charge in [0.05, 0.1) is 21.9 Å². The Bertz CT molecular complexity index is 800. The first kappa shape index (κ1) is 16.1. The first-order valence-electron chi connectivity index (χ1n) is 7.52. The third kappa shape index (κ3) is 3.30. The summed E-state index contributed by atoms with van der Waals surface area (Å²) in [6.07, 6.45) is 0.507. The van der Waals surface area contributed by atoms with Gasteiger partial charge < -0.3 is 4.90 Å². The molecule has 2 heterocycles. The number of carbonyl (C=O) groups is 1. The highest BCUT2D eigenvalue weighted by Gasteiger charge is 2.35. The summed E-state index contributed by atoms with van der Waals surface area (Å²) in [6.45, 7) is 2.35. The molecule has 1 fully saturated rings. The summed E-state index contributed by atoms with van der Waals surface area (Å²) >= 11 is 1.42. The lowest BCUT2D eigenvalue weighted by Gasteiger charge is -2.26. The van der Waals surface area contributed by atoms with Gasteiger partial charge in [-0.05, 0) is 18.9 Å². The molecule has 0 spiro atoms. The highest BCUT2D eigenvalue weighted by atomic mass is 32.2. The molecular weight excluding hydrogens is 332 g/mol. The van der Waals surface area contributed by atoms with Gasteiger partial charge in [-0.25, -0.2) is 13.4 Å². The van der Waals surface area contributed by atoms with Crippen molar-refractivity contribution in [1.29, 1.82) is 0 Å². The fraction of sp³-hybridized carbons (Fsp3) is 0.375. The van der Waals surface area contributed by atoms with E-state index in [0.717, 1.165) is 10.4 Å². The Morgan fingerprint density at radius 2 is 2.09 bits per heavy atom. The molecule has 1 aromatic heterocycles. The second kappa shape index (κ2) is 6.41. The monoisotopic (exact) mass is 350 g/mol. The van der Waals surface area contributed by atoms with Crippen LogP contribution in [-0.2, 0) is 9.84 Å². The lowest BCUT2D eigenvalue weighted by atomic mass is 10.1. The van der Waals surface area contributed by atoms with Crippen molar-refractivity contribution in [2.75, 3.05) is 18.1 Å². The molecule has 1 unspecified atom stereocenters. The van der Waals surface area contributed by atoms with E-state index >= 15 is 0 Å². The first-order chi connectivity index (χ1) is 11.0. The molecule has 0 saturated carbocycles. The Hall–Kier alpha value is -1.73.